The van der Waals surface area contributed by atoms with Gasteiger partial charge >= 0.3 is 13.1 Å². The molecule has 0 spiro atoms. The summed E-state index contributed by atoms with van der Waals surface area (Å²) < 4.78 is 15.2. The third-order valence-corrected chi connectivity index (χ3v) is 4.36. The molecule has 6 nitrogen and oxygen atoms in total. The molecule has 0 aliphatic carbocycles. The Morgan fingerprint density at radius 1 is 1.04 bits per heavy atom. The number of hydrogen-bond acceptors (Lipinski definition) is 5. The van der Waals surface area contributed by atoms with Crippen LogP contribution in [0, 0.1) is 0 Å². The molecule has 142 valence electrons. The Bertz CT molecular complexity index is 780. The number of amides is 1. The summed E-state index contributed by atoms with van der Waals surface area (Å²) in [5.41, 5.74) is 1.99. The Labute approximate surface area is 163 Å². The van der Waals surface area contributed by atoms with E-state index < -0.39 is 25.0 Å². The second kappa shape index (κ2) is 10.1. The number of hydrogen-bond donors (Lipinski definition) is 1. The van der Waals surface area contributed by atoms with Gasteiger partial charge in [0.25, 0.3) is 5.91 Å². The molecule has 1 amide bonds. The van der Waals surface area contributed by atoms with Crippen LogP contribution >= 0.6 is 11.6 Å². The zero-order chi connectivity index (χ0) is 19.8. The van der Waals surface area contributed by atoms with Crippen molar-refractivity contribution in [2.24, 2.45) is 0 Å². The van der Waals surface area contributed by atoms with Crippen LogP contribution in [0.4, 0.5) is 0 Å². The first kappa shape index (κ1) is 21.0. The van der Waals surface area contributed by atoms with E-state index in [1.165, 1.54) is 7.11 Å². The van der Waals surface area contributed by atoms with E-state index in [0.717, 1.165) is 11.0 Å². The molecule has 1 atom stereocenters. The Kier molecular flexibility index (Phi) is 7.85. The first-order chi connectivity index (χ1) is 13.0. The predicted octanol–water partition coefficient (Wildman–Crippen LogP) is 1.84. The lowest BCUT2D eigenvalue weighted by molar-refractivity contribution is -0.142. The van der Waals surface area contributed by atoms with Gasteiger partial charge in [-0.25, -0.2) is 4.79 Å². The molecular weight excluding hydrogens is 368 g/mol. The van der Waals surface area contributed by atoms with Gasteiger partial charge in [0.15, 0.2) is 0 Å². The molecule has 0 aromatic heterocycles. The number of esters is 1. The molecular formula is C19H21BClNO5. The molecule has 0 bridgehead atoms. The molecule has 2 aromatic rings. The fraction of sp³-hybridized carbons (Fsp3) is 0.263. The Hall–Kier alpha value is -2.35. The highest BCUT2D eigenvalue weighted by Gasteiger charge is 2.24. The fourth-order valence-corrected chi connectivity index (χ4v) is 2.85. The molecule has 0 radical (unpaired) electrons. The standard InChI is InChI=1S/C19H21BClNO5/c1-25-19(24)17(22-18(23)15-6-4-5-7-16(15)21)12-13-8-10-14(11-9-13)20(26-2)27-3/h4-11,17H,12H2,1-3H3,(H,22,23)/t17-/m0/s1. The van der Waals surface area contributed by atoms with Gasteiger partial charge in [-0.3, -0.25) is 4.79 Å². The number of ether oxygens (including phenoxy) is 1. The van der Waals surface area contributed by atoms with E-state index in [4.69, 9.17) is 25.6 Å². The first-order valence-electron chi connectivity index (χ1n) is 8.27. The summed E-state index contributed by atoms with van der Waals surface area (Å²) in [6, 6.07) is 13.2. The van der Waals surface area contributed by atoms with E-state index in [1.807, 2.05) is 24.3 Å². The largest absolute Gasteiger partial charge is 0.493 e. The molecule has 0 fully saturated rings. The Morgan fingerprint density at radius 2 is 1.67 bits per heavy atom. The van der Waals surface area contributed by atoms with E-state index in [9.17, 15) is 9.59 Å². The first-order valence-corrected chi connectivity index (χ1v) is 8.65. The van der Waals surface area contributed by atoms with Crippen molar-refractivity contribution < 1.29 is 23.6 Å². The molecule has 0 aliphatic heterocycles. The van der Waals surface area contributed by atoms with E-state index in [-0.39, 0.29) is 6.42 Å². The lowest BCUT2D eigenvalue weighted by Crippen LogP contribution is -2.43. The van der Waals surface area contributed by atoms with Crippen molar-refractivity contribution in [3.05, 3.63) is 64.7 Å². The fourth-order valence-electron chi connectivity index (χ4n) is 2.63. The summed E-state index contributed by atoms with van der Waals surface area (Å²) in [6.45, 7) is 0. The summed E-state index contributed by atoms with van der Waals surface area (Å²) >= 11 is 6.05. The highest BCUT2D eigenvalue weighted by atomic mass is 35.5. The molecule has 0 saturated carbocycles. The average Bonchev–Trinajstić information content (AvgIpc) is 2.69. The summed E-state index contributed by atoms with van der Waals surface area (Å²) in [7, 11) is 3.93. The third kappa shape index (κ3) is 5.56. The molecule has 0 heterocycles. The predicted molar refractivity (Wildman–Crippen MR) is 104 cm³/mol. The monoisotopic (exact) mass is 389 g/mol. The maximum absolute atomic E-state index is 12.5. The molecule has 1 N–H and O–H groups in total. The SMILES string of the molecule is COB(OC)c1ccc(C[C@H](NC(=O)c2ccccc2Cl)C(=O)OC)cc1. The normalized spacial score (nSPS) is 11.6. The van der Waals surface area contributed by atoms with Gasteiger partial charge in [-0.05, 0) is 23.2 Å². The van der Waals surface area contributed by atoms with Crippen LogP contribution in [0.1, 0.15) is 15.9 Å². The quantitative estimate of drug-likeness (QED) is 0.551. The Balaban J connectivity index is 2.14. The van der Waals surface area contributed by atoms with Gasteiger partial charge < -0.3 is 19.4 Å². The van der Waals surface area contributed by atoms with E-state index in [0.29, 0.717) is 10.6 Å². The van der Waals surface area contributed by atoms with Gasteiger partial charge in [0.05, 0.1) is 17.7 Å². The molecule has 2 aromatic carbocycles. The maximum Gasteiger partial charge on any atom is 0.493 e. The van der Waals surface area contributed by atoms with Crippen LogP contribution in [-0.2, 0) is 25.3 Å². The van der Waals surface area contributed by atoms with Gasteiger partial charge in [-0.2, -0.15) is 0 Å². The van der Waals surface area contributed by atoms with Gasteiger partial charge in [0, 0.05) is 20.6 Å². The molecule has 8 heteroatoms. The number of benzene rings is 2. The van der Waals surface area contributed by atoms with Crippen molar-refractivity contribution in [1.82, 2.24) is 5.32 Å². The topological polar surface area (TPSA) is 73.9 Å². The average molecular weight is 390 g/mol. The van der Waals surface area contributed by atoms with Crippen molar-refractivity contribution in [3.63, 3.8) is 0 Å². The highest BCUT2D eigenvalue weighted by Crippen LogP contribution is 2.15. The Morgan fingerprint density at radius 3 is 2.22 bits per heavy atom. The molecule has 2 rings (SSSR count). The van der Waals surface area contributed by atoms with Gasteiger partial charge in [0.2, 0.25) is 0 Å². The van der Waals surface area contributed by atoms with Crippen LogP contribution in [0.5, 0.6) is 0 Å². The minimum atomic E-state index is -0.842. The van der Waals surface area contributed by atoms with Crippen LogP contribution in [0.2, 0.25) is 5.02 Å². The minimum absolute atomic E-state index is 0.272. The van der Waals surface area contributed by atoms with Crippen molar-refractivity contribution in [1.29, 1.82) is 0 Å². The van der Waals surface area contributed by atoms with Crippen LogP contribution in [0.25, 0.3) is 0 Å². The smallest absolute Gasteiger partial charge is 0.467 e. The number of rotatable bonds is 8. The summed E-state index contributed by atoms with van der Waals surface area (Å²) in [5.74, 6) is -0.974. The van der Waals surface area contributed by atoms with Crippen LogP contribution in [0.3, 0.4) is 0 Å². The zero-order valence-corrected chi connectivity index (χ0v) is 16.2. The summed E-state index contributed by atoms with van der Waals surface area (Å²) in [4.78, 5) is 24.6. The number of carbonyl (C=O) groups is 2. The van der Waals surface area contributed by atoms with E-state index in [2.05, 4.69) is 5.32 Å². The number of carbonyl (C=O) groups excluding carboxylic acids is 2. The number of methoxy groups -OCH3 is 1. The van der Waals surface area contributed by atoms with Crippen LogP contribution in [-0.4, -0.2) is 46.4 Å². The molecule has 0 unspecified atom stereocenters. The minimum Gasteiger partial charge on any atom is -0.467 e. The maximum atomic E-state index is 12.5. The lowest BCUT2D eigenvalue weighted by atomic mass is 9.78. The van der Waals surface area contributed by atoms with Gasteiger partial charge in [0.1, 0.15) is 6.04 Å². The second-order valence-electron chi connectivity index (χ2n) is 5.78. The van der Waals surface area contributed by atoms with Crippen molar-refractivity contribution in [2.75, 3.05) is 21.3 Å². The highest BCUT2D eigenvalue weighted by molar-refractivity contribution is 6.61. The summed E-state index contributed by atoms with van der Waals surface area (Å²) in [5, 5.41) is 3.00. The van der Waals surface area contributed by atoms with Crippen LogP contribution in [0.15, 0.2) is 48.5 Å². The second-order valence-corrected chi connectivity index (χ2v) is 6.19. The van der Waals surface area contributed by atoms with Crippen molar-refractivity contribution in [2.45, 2.75) is 12.5 Å². The molecule has 0 aliphatic rings. The van der Waals surface area contributed by atoms with Crippen molar-refractivity contribution >= 4 is 36.1 Å². The van der Waals surface area contributed by atoms with E-state index >= 15 is 0 Å². The van der Waals surface area contributed by atoms with Gasteiger partial charge in [-0.1, -0.05) is 48.0 Å². The molecule has 0 saturated heterocycles. The molecule has 27 heavy (non-hydrogen) atoms. The lowest BCUT2D eigenvalue weighted by Gasteiger charge is -2.17. The number of halogens is 1. The van der Waals surface area contributed by atoms with Crippen LogP contribution < -0.4 is 10.8 Å². The van der Waals surface area contributed by atoms with E-state index in [1.54, 1.807) is 38.5 Å². The van der Waals surface area contributed by atoms with Gasteiger partial charge in [-0.15, -0.1) is 0 Å². The zero-order valence-electron chi connectivity index (χ0n) is 15.4. The third-order valence-electron chi connectivity index (χ3n) is 4.03. The van der Waals surface area contributed by atoms with Crippen molar-refractivity contribution in [3.8, 4) is 0 Å². The summed E-state index contributed by atoms with van der Waals surface area (Å²) in [6.07, 6.45) is 0.272. The number of nitrogens with one attached hydrogen (secondary N) is 1.